The van der Waals surface area contributed by atoms with Gasteiger partial charge in [-0.25, -0.2) is 0 Å². The quantitative estimate of drug-likeness (QED) is 0.299. The number of hydrogen-bond acceptors (Lipinski definition) is 0. The summed E-state index contributed by atoms with van der Waals surface area (Å²) >= 11 is 0. The van der Waals surface area contributed by atoms with Crippen LogP contribution in [0.15, 0.2) is 0 Å². The van der Waals surface area contributed by atoms with Crippen molar-refractivity contribution >= 4 is 0 Å². The lowest BCUT2D eigenvalue weighted by Gasteiger charge is -2.17. The Morgan fingerprint density at radius 2 is 0.800 bits per heavy atom. The molecule has 20 heavy (non-hydrogen) atoms. The zero-order valence-electron chi connectivity index (χ0n) is 14.4. The molecule has 124 valence electrons. The van der Waals surface area contributed by atoms with Gasteiger partial charge in [0.05, 0.1) is 0 Å². The number of unbranched alkanes of at least 4 members (excludes halogenated alkanes) is 12. The van der Waals surface area contributed by atoms with Crippen molar-refractivity contribution in [3.05, 3.63) is 0 Å². The smallest absolute Gasteiger partial charge is 0.0383 e. The molecule has 0 aromatic rings. The van der Waals surface area contributed by atoms with Crippen LogP contribution < -0.4 is 0 Å². The summed E-state index contributed by atoms with van der Waals surface area (Å²) < 4.78 is 0. The summed E-state index contributed by atoms with van der Waals surface area (Å²) in [7, 11) is 0. The molecule has 0 radical (unpaired) electrons. The summed E-state index contributed by atoms with van der Waals surface area (Å²) in [6.45, 7) is 9.36. The molecule has 0 rings (SSSR count). The van der Waals surface area contributed by atoms with Gasteiger partial charge in [-0.2, -0.15) is 0 Å². The fourth-order valence-corrected chi connectivity index (χ4v) is 2.67. The van der Waals surface area contributed by atoms with Gasteiger partial charge in [0.15, 0.2) is 0 Å². The largest absolute Gasteiger partial charge is 0.0776 e. The Kier molecular flexibility index (Phi) is 17.1. The van der Waals surface area contributed by atoms with E-state index in [1.807, 2.05) is 0 Å². The molecule has 0 heterocycles. The van der Waals surface area contributed by atoms with Crippen LogP contribution in [0.5, 0.6) is 0 Å². The Hall–Kier alpha value is 0. The number of rotatable bonds is 13. The molecule has 0 atom stereocenters. The molecule has 0 aromatic heterocycles. The first kappa shape index (κ1) is 22.3. The van der Waals surface area contributed by atoms with Crippen LogP contribution in [-0.2, 0) is 0 Å². The van der Waals surface area contributed by atoms with Crippen molar-refractivity contribution in [1.29, 1.82) is 0 Å². The molecule has 0 aromatic carbocycles. The SMILES string of the molecule is C.CCCCCCCCCCCCCCCC(C)(C)C. The van der Waals surface area contributed by atoms with E-state index in [-0.39, 0.29) is 7.43 Å². The first-order valence-electron chi connectivity index (χ1n) is 9.06. The molecule has 0 amide bonds. The molecule has 0 fully saturated rings. The van der Waals surface area contributed by atoms with Gasteiger partial charge in [0.2, 0.25) is 0 Å². The Morgan fingerprint density at radius 3 is 1.10 bits per heavy atom. The highest BCUT2D eigenvalue weighted by atomic mass is 14.1. The Labute approximate surface area is 131 Å². The van der Waals surface area contributed by atoms with Crippen LogP contribution in [0.2, 0.25) is 0 Å². The normalized spacial score (nSPS) is 11.4. The van der Waals surface area contributed by atoms with Crippen LogP contribution in [0.4, 0.5) is 0 Å². The molecule has 0 aliphatic rings. The van der Waals surface area contributed by atoms with Gasteiger partial charge >= 0.3 is 0 Å². The second-order valence-corrected chi connectivity index (χ2v) is 7.55. The van der Waals surface area contributed by atoms with Crippen LogP contribution in [0.25, 0.3) is 0 Å². The first-order valence-corrected chi connectivity index (χ1v) is 9.06. The van der Waals surface area contributed by atoms with E-state index in [1.165, 1.54) is 89.9 Å². The maximum atomic E-state index is 2.35. The Morgan fingerprint density at radius 1 is 0.500 bits per heavy atom. The van der Waals surface area contributed by atoms with Crippen molar-refractivity contribution in [2.75, 3.05) is 0 Å². The van der Waals surface area contributed by atoms with Gasteiger partial charge in [-0.05, 0) is 11.8 Å². The van der Waals surface area contributed by atoms with Crippen LogP contribution >= 0.6 is 0 Å². The van der Waals surface area contributed by atoms with E-state index in [0.29, 0.717) is 5.41 Å². The van der Waals surface area contributed by atoms with Crippen molar-refractivity contribution in [2.24, 2.45) is 5.41 Å². The lowest BCUT2D eigenvalue weighted by Crippen LogP contribution is -2.03. The summed E-state index contributed by atoms with van der Waals surface area (Å²) in [4.78, 5) is 0. The van der Waals surface area contributed by atoms with E-state index in [9.17, 15) is 0 Å². The molecule has 0 heteroatoms. The third kappa shape index (κ3) is 20.3. The van der Waals surface area contributed by atoms with Gasteiger partial charge in [-0.15, -0.1) is 0 Å². The Bertz CT molecular complexity index is 163. The third-order valence-electron chi connectivity index (χ3n) is 4.03. The highest BCUT2D eigenvalue weighted by molar-refractivity contribution is 4.61. The van der Waals surface area contributed by atoms with Gasteiger partial charge in [-0.1, -0.05) is 119 Å². The van der Waals surface area contributed by atoms with Crippen molar-refractivity contribution < 1.29 is 0 Å². The molecular formula is C20H44. The van der Waals surface area contributed by atoms with E-state index in [0.717, 1.165) is 0 Å². The molecule has 0 aliphatic carbocycles. The summed E-state index contributed by atoms with van der Waals surface area (Å²) in [6, 6.07) is 0. The molecule has 0 spiro atoms. The van der Waals surface area contributed by atoms with Crippen molar-refractivity contribution in [3.8, 4) is 0 Å². The summed E-state index contributed by atoms with van der Waals surface area (Å²) in [5.41, 5.74) is 0.539. The minimum atomic E-state index is 0. The van der Waals surface area contributed by atoms with Gasteiger partial charge in [0, 0.05) is 0 Å². The highest BCUT2D eigenvalue weighted by Crippen LogP contribution is 2.22. The molecule has 0 unspecified atom stereocenters. The zero-order chi connectivity index (χ0) is 14.4. The topological polar surface area (TPSA) is 0 Å². The molecule has 0 aliphatic heterocycles. The summed E-state index contributed by atoms with van der Waals surface area (Å²) in [5.74, 6) is 0. The monoisotopic (exact) mass is 284 g/mol. The minimum Gasteiger partial charge on any atom is -0.0776 e. The zero-order valence-corrected chi connectivity index (χ0v) is 14.4. The summed E-state index contributed by atoms with van der Waals surface area (Å²) in [5, 5.41) is 0. The average Bonchev–Trinajstić information content (AvgIpc) is 2.34. The van der Waals surface area contributed by atoms with Crippen LogP contribution in [-0.4, -0.2) is 0 Å². The minimum absolute atomic E-state index is 0. The van der Waals surface area contributed by atoms with Crippen LogP contribution in [0.1, 0.15) is 125 Å². The second kappa shape index (κ2) is 15.4. The molecular weight excluding hydrogens is 240 g/mol. The molecule has 0 saturated heterocycles. The fourth-order valence-electron chi connectivity index (χ4n) is 2.67. The third-order valence-corrected chi connectivity index (χ3v) is 4.03. The maximum absolute atomic E-state index is 2.35. The summed E-state index contributed by atoms with van der Waals surface area (Å²) in [6.07, 6.45) is 20.4. The highest BCUT2D eigenvalue weighted by Gasteiger charge is 2.08. The molecule has 0 nitrogen and oxygen atoms in total. The van der Waals surface area contributed by atoms with E-state index in [2.05, 4.69) is 27.7 Å². The molecule has 0 bridgehead atoms. The predicted octanol–water partition coefficient (Wildman–Crippen LogP) is 8.15. The van der Waals surface area contributed by atoms with Gasteiger partial charge < -0.3 is 0 Å². The van der Waals surface area contributed by atoms with Gasteiger partial charge in [0.1, 0.15) is 0 Å². The van der Waals surface area contributed by atoms with E-state index >= 15 is 0 Å². The molecule has 0 saturated carbocycles. The van der Waals surface area contributed by atoms with E-state index in [4.69, 9.17) is 0 Å². The Balaban J connectivity index is 0. The standard InChI is InChI=1S/C19H40.CH4/c1-5-6-7-8-9-10-11-12-13-14-15-16-17-18-19(2,3)4;/h5-18H2,1-4H3;1H4. The lowest BCUT2D eigenvalue weighted by atomic mass is 9.89. The van der Waals surface area contributed by atoms with Crippen molar-refractivity contribution in [1.82, 2.24) is 0 Å². The second-order valence-electron chi connectivity index (χ2n) is 7.55. The average molecular weight is 285 g/mol. The maximum Gasteiger partial charge on any atom is -0.0383 e. The predicted molar refractivity (Wildman–Crippen MR) is 96.5 cm³/mol. The van der Waals surface area contributed by atoms with Crippen molar-refractivity contribution in [2.45, 2.75) is 125 Å². The first-order chi connectivity index (χ1) is 9.06. The van der Waals surface area contributed by atoms with E-state index < -0.39 is 0 Å². The van der Waals surface area contributed by atoms with Gasteiger partial charge in [0.25, 0.3) is 0 Å². The fraction of sp³-hybridized carbons (Fsp3) is 1.00. The van der Waals surface area contributed by atoms with Crippen molar-refractivity contribution in [3.63, 3.8) is 0 Å². The van der Waals surface area contributed by atoms with Crippen LogP contribution in [0.3, 0.4) is 0 Å². The van der Waals surface area contributed by atoms with Crippen LogP contribution in [0, 0.1) is 5.41 Å². The van der Waals surface area contributed by atoms with E-state index in [1.54, 1.807) is 0 Å². The number of hydrogen-bond donors (Lipinski definition) is 0. The van der Waals surface area contributed by atoms with Gasteiger partial charge in [-0.3, -0.25) is 0 Å². The lowest BCUT2D eigenvalue weighted by molar-refractivity contribution is 0.356. The molecule has 0 N–H and O–H groups in total.